The highest BCUT2D eigenvalue weighted by molar-refractivity contribution is 6.42. The van der Waals surface area contributed by atoms with Crippen molar-refractivity contribution in [1.29, 1.82) is 0 Å². The van der Waals surface area contributed by atoms with Gasteiger partial charge in [-0.3, -0.25) is 4.79 Å². The number of carbonyl (C=O) groups is 1. The van der Waals surface area contributed by atoms with Crippen molar-refractivity contribution in [1.82, 2.24) is 9.55 Å². The second-order valence-corrected chi connectivity index (χ2v) is 4.94. The number of ketones is 1. The molecule has 0 spiro atoms. The Hall–Kier alpha value is -1.27. The van der Waals surface area contributed by atoms with Gasteiger partial charge in [0.05, 0.1) is 27.5 Å². The van der Waals surface area contributed by atoms with Gasteiger partial charge in [0.2, 0.25) is 5.78 Å². The van der Waals surface area contributed by atoms with Gasteiger partial charge in [0.25, 0.3) is 0 Å². The first-order valence-corrected chi connectivity index (χ1v) is 6.43. The number of aryl methyl sites for hydroxylation is 1. The number of halogens is 5. The lowest BCUT2D eigenvalue weighted by atomic mass is 10.2. The van der Waals surface area contributed by atoms with Crippen LogP contribution >= 0.6 is 23.2 Å². The van der Waals surface area contributed by atoms with Crippen LogP contribution in [0, 0.1) is 0 Å². The maximum absolute atomic E-state index is 12.3. The van der Waals surface area contributed by atoms with Crippen molar-refractivity contribution in [3.8, 4) is 0 Å². The Labute approximate surface area is 122 Å². The quantitative estimate of drug-likeness (QED) is 0.854. The smallest absolute Gasteiger partial charge is 0.328 e. The van der Waals surface area contributed by atoms with Crippen LogP contribution in [0.5, 0.6) is 0 Å². The van der Waals surface area contributed by atoms with Gasteiger partial charge in [-0.25, -0.2) is 4.98 Å². The molecule has 1 aromatic heterocycles. The lowest BCUT2D eigenvalue weighted by Gasteiger charge is -2.07. The van der Waals surface area contributed by atoms with Gasteiger partial charge in [0.15, 0.2) is 0 Å². The Morgan fingerprint density at radius 3 is 2.45 bits per heavy atom. The van der Waals surface area contributed by atoms with Gasteiger partial charge in [-0.1, -0.05) is 23.2 Å². The molecule has 1 aromatic carbocycles. The number of carbonyl (C=O) groups excluding carboxylic acids is 1. The molecule has 0 atom stereocenters. The van der Waals surface area contributed by atoms with E-state index in [1.165, 1.54) is 16.7 Å². The molecule has 2 aromatic rings. The van der Waals surface area contributed by atoms with E-state index in [0.29, 0.717) is 17.6 Å². The summed E-state index contributed by atoms with van der Waals surface area (Å²) in [6, 6.07) is 2.99. The van der Waals surface area contributed by atoms with Crippen molar-refractivity contribution in [2.45, 2.75) is 26.1 Å². The highest BCUT2D eigenvalue weighted by atomic mass is 35.5. The Balaban J connectivity index is 2.51. The first kappa shape index (κ1) is 15.1. The van der Waals surface area contributed by atoms with Crippen molar-refractivity contribution in [3.05, 3.63) is 28.0 Å². The van der Waals surface area contributed by atoms with Crippen LogP contribution in [-0.4, -0.2) is 21.5 Å². The molecule has 0 bridgehead atoms. The highest BCUT2D eigenvalue weighted by Gasteiger charge is 2.38. The van der Waals surface area contributed by atoms with E-state index in [-0.39, 0.29) is 15.9 Å². The summed E-state index contributed by atoms with van der Waals surface area (Å²) in [7, 11) is 0. The van der Waals surface area contributed by atoms with Crippen molar-refractivity contribution in [3.63, 3.8) is 0 Å². The van der Waals surface area contributed by atoms with Crippen LogP contribution < -0.4 is 0 Å². The molecule has 0 saturated carbocycles. The molecule has 0 aliphatic heterocycles. The van der Waals surface area contributed by atoms with Crippen LogP contribution in [0.2, 0.25) is 10.0 Å². The molecular weight excluding hydrogens is 316 g/mol. The fraction of sp³-hybridized carbons (Fsp3) is 0.333. The van der Waals surface area contributed by atoms with E-state index in [9.17, 15) is 18.0 Å². The molecule has 0 fully saturated rings. The molecule has 20 heavy (non-hydrogen) atoms. The van der Waals surface area contributed by atoms with Gasteiger partial charge in [-0.05, 0) is 19.1 Å². The molecular formula is C12H9Cl2F3N2O. The summed E-state index contributed by atoms with van der Waals surface area (Å²) in [6.07, 6.45) is -5.67. The number of aromatic nitrogens is 2. The monoisotopic (exact) mass is 324 g/mol. The first-order chi connectivity index (χ1) is 9.24. The van der Waals surface area contributed by atoms with Crippen LogP contribution in [-0.2, 0) is 17.8 Å². The van der Waals surface area contributed by atoms with E-state index in [1.807, 2.05) is 0 Å². The van der Waals surface area contributed by atoms with E-state index in [1.54, 1.807) is 6.92 Å². The number of hydrogen-bond acceptors (Lipinski definition) is 2. The minimum absolute atomic E-state index is 0.0446. The van der Waals surface area contributed by atoms with Gasteiger partial charge in [0.1, 0.15) is 5.82 Å². The Morgan fingerprint density at radius 1 is 1.30 bits per heavy atom. The molecule has 2 rings (SSSR count). The van der Waals surface area contributed by atoms with Crippen molar-refractivity contribution in [2.24, 2.45) is 0 Å². The highest BCUT2D eigenvalue weighted by Crippen LogP contribution is 2.29. The molecule has 0 radical (unpaired) electrons. The fourth-order valence-corrected chi connectivity index (χ4v) is 2.22. The van der Waals surface area contributed by atoms with Crippen molar-refractivity contribution in [2.75, 3.05) is 0 Å². The summed E-state index contributed by atoms with van der Waals surface area (Å²) in [5.41, 5.74) is 0.957. The molecule has 0 aliphatic carbocycles. The van der Waals surface area contributed by atoms with E-state index < -0.39 is 18.4 Å². The summed E-state index contributed by atoms with van der Waals surface area (Å²) >= 11 is 11.7. The molecule has 1 heterocycles. The molecule has 0 aliphatic rings. The largest absolute Gasteiger partial charge is 0.450 e. The molecule has 108 valence electrons. The third-order valence-corrected chi connectivity index (χ3v) is 3.54. The number of alkyl halides is 3. The predicted molar refractivity (Wildman–Crippen MR) is 70.2 cm³/mol. The number of Topliss-reactive ketones (excluding diaryl/α,β-unsaturated/α-hetero) is 1. The van der Waals surface area contributed by atoms with Crippen LogP contribution in [0.1, 0.15) is 12.7 Å². The maximum Gasteiger partial charge on any atom is 0.450 e. The Kier molecular flexibility index (Phi) is 3.97. The average Bonchev–Trinajstić information content (AvgIpc) is 2.65. The summed E-state index contributed by atoms with van der Waals surface area (Å²) in [4.78, 5) is 15.1. The third-order valence-electron chi connectivity index (χ3n) is 2.82. The van der Waals surface area contributed by atoms with Gasteiger partial charge in [-0.15, -0.1) is 0 Å². The summed E-state index contributed by atoms with van der Waals surface area (Å²) in [5.74, 6) is -1.79. The van der Waals surface area contributed by atoms with E-state index >= 15 is 0 Å². The number of hydrogen-bond donors (Lipinski definition) is 0. The second-order valence-electron chi connectivity index (χ2n) is 4.13. The van der Waals surface area contributed by atoms with E-state index in [2.05, 4.69) is 4.98 Å². The first-order valence-electron chi connectivity index (χ1n) is 5.68. The predicted octanol–water partition coefficient (Wildman–Crippen LogP) is 4.04. The number of rotatable bonds is 3. The molecule has 3 nitrogen and oxygen atoms in total. The van der Waals surface area contributed by atoms with Crippen molar-refractivity contribution >= 4 is 40.0 Å². The molecule has 8 heteroatoms. The minimum Gasteiger partial charge on any atom is -0.328 e. The summed E-state index contributed by atoms with van der Waals surface area (Å²) < 4.78 is 38.5. The average molecular weight is 325 g/mol. The number of imidazole rings is 1. The minimum atomic E-state index is -4.87. The lowest BCUT2D eigenvalue weighted by molar-refractivity contribution is -0.170. The zero-order chi connectivity index (χ0) is 15.1. The van der Waals surface area contributed by atoms with Gasteiger partial charge in [0, 0.05) is 6.54 Å². The Morgan fingerprint density at radius 2 is 1.90 bits per heavy atom. The van der Waals surface area contributed by atoms with Crippen LogP contribution in [0.4, 0.5) is 13.2 Å². The number of fused-ring (bicyclic) bond motifs is 1. The summed E-state index contributed by atoms with van der Waals surface area (Å²) in [5, 5.41) is 0.538. The summed E-state index contributed by atoms with van der Waals surface area (Å²) in [6.45, 7) is 2.11. The lowest BCUT2D eigenvalue weighted by Crippen LogP contribution is -2.26. The fourth-order valence-electron chi connectivity index (χ4n) is 1.90. The number of benzene rings is 1. The van der Waals surface area contributed by atoms with Gasteiger partial charge in [-0.2, -0.15) is 13.2 Å². The molecule has 0 amide bonds. The Bertz CT molecular complexity index is 679. The zero-order valence-electron chi connectivity index (χ0n) is 10.3. The van der Waals surface area contributed by atoms with E-state index in [4.69, 9.17) is 23.2 Å². The SMILES string of the molecule is CCn1c(CC(=O)C(F)(F)F)nc2cc(Cl)c(Cl)cc21. The van der Waals surface area contributed by atoms with Gasteiger partial charge >= 0.3 is 6.18 Å². The second kappa shape index (κ2) is 5.26. The van der Waals surface area contributed by atoms with Crippen molar-refractivity contribution < 1.29 is 18.0 Å². The van der Waals surface area contributed by atoms with Crippen LogP contribution in [0.3, 0.4) is 0 Å². The van der Waals surface area contributed by atoms with Crippen LogP contribution in [0.15, 0.2) is 12.1 Å². The maximum atomic E-state index is 12.3. The topological polar surface area (TPSA) is 34.9 Å². The standard InChI is InChI=1S/C12H9Cl2F3N2O/c1-2-19-9-4-7(14)6(13)3-8(9)18-11(19)5-10(20)12(15,16)17/h3-4H,2,5H2,1H3. The molecule has 0 N–H and O–H groups in total. The van der Waals surface area contributed by atoms with E-state index in [0.717, 1.165) is 0 Å². The van der Waals surface area contributed by atoms with Crippen LogP contribution in [0.25, 0.3) is 11.0 Å². The van der Waals surface area contributed by atoms with Gasteiger partial charge < -0.3 is 4.57 Å². The molecule has 0 saturated heterocycles. The zero-order valence-corrected chi connectivity index (χ0v) is 11.8. The normalized spacial score (nSPS) is 12.1. The third kappa shape index (κ3) is 2.76. The number of nitrogens with zero attached hydrogens (tertiary/aromatic N) is 2. The molecule has 0 unspecified atom stereocenters.